The Morgan fingerprint density at radius 3 is 2.58 bits per heavy atom. The Hall–Kier alpha value is -3.43. The fourth-order valence-electron chi connectivity index (χ4n) is 3.75. The Bertz CT molecular complexity index is 1410. The third-order valence-corrected chi connectivity index (χ3v) is 7.26. The van der Waals surface area contributed by atoms with E-state index in [4.69, 9.17) is 0 Å². The van der Waals surface area contributed by atoms with Crippen molar-refractivity contribution in [2.45, 2.75) is 11.4 Å². The maximum absolute atomic E-state index is 13.1. The summed E-state index contributed by atoms with van der Waals surface area (Å²) in [6, 6.07) is 15.6. The van der Waals surface area contributed by atoms with Crippen LogP contribution in [0.5, 0.6) is 0 Å². The van der Waals surface area contributed by atoms with Crippen molar-refractivity contribution in [3.05, 3.63) is 83.5 Å². The number of fused-ring (bicyclic) bond motifs is 1. The van der Waals surface area contributed by atoms with Crippen LogP contribution in [0.25, 0.3) is 22.2 Å². The van der Waals surface area contributed by atoms with Gasteiger partial charge in [0.05, 0.1) is 17.8 Å². The standard InChI is InChI=1S/C22H19N5O3S/c28-21-9-8-19(18-6-2-10-23-12-18)25-27(21)15-16-13-26(14-16)31(29,30)20-7-1-4-17-5-3-11-24-22(17)20/h1-12,16H,13-15H2. The smallest absolute Gasteiger partial charge is 0.266 e. The molecule has 1 aromatic carbocycles. The molecule has 1 aliphatic heterocycles. The van der Waals surface area contributed by atoms with Gasteiger partial charge in [-0.3, -0.25) is 14.8 Å². The maximum Gasteiger partial charge on any atom is 0.266 e. The quantitative estimate of drug-likeness (QED) is 0.478. The van der Waals surface area contributed by atoms with Crippen LogP contribution in [0.2, 0.25) is 0 Å². The zero-order chi connectivity index (χ0) is 21.4. The molecule has 4 aromatic rings. The first-order chi connectivity index (χ1) is 15.0. The Labute approximate surface area is 178 Å². The fraction of sp³-hybridized carbons (Fsp3) is 0.182. The van der Waals surface area contributed by atoms with Gasteiger partial charge in [0, 0.05) is 54.6 Å². The Kier molecular flexibility index (Phi) is 4.84. The van der Waals surface area contributed by atoms with Crippen LogP contribution in [0.15, 0.2) is 82.9 Å². The zero-order valence-corrected chi connectivity index (χ0v) is 17.3. The summed E-state index contributed by atoms with van der Waals surface area (Å²) in [6.45, 7) is 1.01. The number of hydrogen-bond acceptors (Lipinski definition) is 6. The molecule has 156 valence electrons. The van der Waals surface area contributed by atoms with Crippen molar-refractivity contribution in [3.8, 4) is 11.3 Å². The molecular formula is C22H19N5O3S. The van der Waals surface area contributed by atoms with Gasteiger partial charge in [-0.1, -0.05) is 18.2 Å². The number of hydrogen-bond donors (Lipinski definition) is 0. The fourth-order valence-corrected chi connectivity index (χ4v) is 5.51. The largest absolute Gasteiger partial charge is 0.268 e. The molecule has 0 aliphatic carbocycles. The van der Waals surface area contributed by atoms with Gasteiger partial charge in [0.15, 0.2) is 0 Å². The molecule has 0 saturated carbocycles. The van der Waals surface area contributed by atoms with E-state index in [1.165, 1.54) is 15.1 Å². The highest BCUT2D eigenvalue weighted by Crippen LogP contribution is 2.29. The van der Waals surface area contributed by atoms with Gasteiger partial charge in [-0.15, -0.1) is 0 Å². The highest BCUT2D eigenvalue weighted by molar-refractivity contribution is 7.89. The third kappa shape index (κ3) is 3.62. The van der Waals surface area contributed by atoms with Crippen molar-refractivity contribution >= 4 is 20.9 Å². The SMILES string of the molecule is O=c1ccc(-c2cccnc2)nn1CC1CN(S(=O)(=O)c2cccc3cccnc23)C1. The molecule has 1 fully saturated rings. The number of para-hydroxylation sites is 1. The van der Waals surface area contributed by atoms with Gasteiger partial charge in [0.2, 0.25) is 10.0 Å². The van der Waals surface area contributed by atoms with Gasteiger partial charge in [0.1, 0.15) is 4.90 Å². The predicted octanol–water partition coefficient (Wildman–Crippen LogP) is 2.17. The van der Waals surface area contributed by atoms with Gasteiger partial charge in [0.25, 0.3) is 5.56 Å². The van der Waals surface area contributed by atoms with Gasteiger partial charge >= 0.3 is 0 Å². The van der Waals surface area contributed by atoms with E-state index in [9.17, 15) is 13.2 Å². The summed E-state index contributed by atoms with van der Waals surface area (Å²) in [5.41, 5.74) is 1.72. The molecule has 1 saturated heterocycles. The molecular weight excluding hydrogens is 414 g/mol. The average molecular weight is 433 g/mol. The monoisotopic (exact) mass is 433 g/mol. The molecule has 0 amide bonds. The summed E-state index contributed by atoms with van der Waals surface area (Å²) in [5, 5.41) is 5.22. The second-order valence-electron chi connectivity index (χ2n) is 7.50. The highest BCUT2D eigenvalue weighted by Gasteiger charge is 2.38. The van der Waals surface area contributed by atoms with Gasteiger partial charge in [-0.2, -0.15) is 9.40 Å². The molecule has 0 unspecified atom stereocenters. The molecule has 1 aliphatic rings. The average Bonchev–Trinajstić information content (AvgIpc) is 2.77. The number of pyridine rings is 2. The Balaban J connectivity index is 1.34. The lowest BCUT2D eigenvalue weighted by molar-refractivity contribution is 0.173. The van der Waals surface area contributed by atoms with Crippen LogP contribution in [0.4, 0.5) is 0 Å². The van der Waals surface area contributed by atoms with Gasteiger partial charge in [-0.05, 0) is 30.3 Å². The third-order valence-electron chi connectivity index (χ3n) is 5.39. The van der Waals surface area contributed by atoms with Crippen LogP contribution in [0.3, 0.4) is 0 Å². The number of nitrogens with zero attached hydrogens (tertiary/aromatic N) is 5. The van der Waals surface area contributed by atoms with Crippen LogP contribution in [-0.4, -0.2) is 45.6 Å². The van der Waals surface area contributed by atoms with E-state index in [0.29, 0.717) is 30.8 Å². The van der Waals surface area contributed by atoms with Crippen LogP contribution in [0, 0.1) is 5.92 Å². The van der Waals surface area contributed by atoms with Crippen molar-refractivity contribution in [1.29, 1.82) is 0 Å². The first-order valence-corrected chi connectivity index (χ1v) is 11.3. The van der Waals surface area contributed by atoms with Gasteiger partial charge in [-0.25, -0.2) is 13.1 Å². The van der Waals surface area contributed by atoms with E-state index in [1.807, 2.05) is 24.3 Å². The van der Waals surface area contributed by atoms with E-state index in [2.05, 4.69) is 15.1 Å². The summed E-state index contributed by atoms with van der Waals surface area (Å²) in [4.78, 5) is 20.8. The van der Waals surface area contributed by atoms with Crippen molar-refractivity contribution in [2.24, 2.45) is 5.92 Å². The van der Waals surface area contributed by atoms with E-state index in [1.54, 1.807) is 42.9 Å². The second-order valence-corrected chi connectivity index (χ2v) is 9.41. The summed E-state index contributed by atoms with van der Waals surface area (Å²) in [5.74, 6) is 0.00654. The molecule has 0 radical (unpaired) electrons. The lowest BCUT2D eigenvalue weighted by Gasteiger charge is -2.38. The van der Waals surface area contributed by atoms with E-state index in [0.717, 1.165) is 10.9 Å². The van der Waals surface area contributed by atoms with Crippen molar-refractivity contribution < 1.29 is 8.42 Å². The lowest BCUT2D eigenvalue weighted by Crippen LogP contribution is -2.52. The van der Waals surface area contributed by atoms with Crippen LogP contribution >= 0.6 is 0 Å². The van der Waals surface area contributed by atoms with E-state index >= 15 is 0 Å². The van der Waals surface area contributed by atoms with E-state index in [-0.39, 0.29) is 16.4 Å². The first-order valence-electron chi connectivity index (χ1n) is 9.85. The van der Waals surface area contributed by atoms with Crippen molar-refractivity contribution in [1.82, 2.24) is 24.1 Å². The van der Waals surface area contributed by atoms with E-state index < -0.39 is 10.0 Å². The minimum Gasteiger partial charge on any atom is -0.268 e. The molecule has 9 heteroatoms. The lowest BCUT2D eigenvalue weighted by atomic mass is 10.0. The number of sulfonamides is 1. The second kappa shape index (κ2) is 7.68. The Morgan fingerprint density at radius 1 is 0.968 bits per heavy atom. The number of aromatic nitrogens is 4. The Morgan fingerprint density at radius 2 is 1.77 bits per heavy atom. The minimum absolute atomic E-state index is 0.00654. The van der Waals surface area contributed by atoms with Crippen LogP contribution < -0.4 is 5.56 Å². The summed E-state index contributed by atoms with van der Waals surface area (Å²) >= 11 is 0. The van der Waals surface area contributed by atoms with Crippen LogP contribution in [-0.2, 0) is 16.6 Å². The molecule has 3 aromatic heterocycles. The van der Waals surface area contributed by atoms with Crippen LogP contribution in [0.1, 0.15) is 0 Å². The highest BCUT2D eigenvalue weighted by atomic mass is 32.2. The van der Waals surface area contributed by atoms with Crippen molar-refractivity contribution in [3.63, 3.8) is 0 Å². The minimum atomic E-state index is -3.66. The zero-order valence-electron chi connectivity index (χ0n) is 16.5. The topological polar surface area (TPSA) is 98.0 Å². The molecule has 8 nitrogen and oxygen atoms in total. The summed E-state index contributed by atoms with van der Waals surface area (Å²) in [6.07, 6.45) is 4.95. The summed E-state index contributed by atoms with van der Waals surface area (Å²) in [7, 11) is -3.66. The predicted molar refractivity (Wildman–Crippen MR) is 116 cm³/mol. The molecule has 0 bridgehead atoms. The molecule has 31 heavy (non-hydrogen) atoms. The molecule has 0 atom stereocenters. The molecule has 0 spiro atoms. The van der Waals surface area contributed by atoms with Gasteiger partial charge < -0.3 is 0 Å². The number of benzene rings is 1. The maximum atomic E-state index is 13.1. The number of rotatable bonds is 5. The molecule has 4 heterocycles. The summed E-state index contributed by atoms with van der Waals surface area (Å²) < 4.78 is 29.1. The first kappa shape index (κ1) is 19.5. The molecule has 5 rings (SSSR count). The molecule has 0 N–H and O–H groups in total. The van der Waals surface area contributed by atoms with Crippen molar-refractivity contribution in [2.75, 3.05) is 13.1 Å². The normalized spacial score (nSPS) is 15.1.